The Morgan fingerprint density at radius 3 is 2.60 bits per heavy atom. The Labute approximate surface area is 290 Å². The minimum atomic E-state index is -1.29. The van der Waals surface area contributed by atoms with Gasteiger partial charge in [-0.2, -0.15) is 4.98 Å². The summed E-state index contributed by atoms with van der Waals surface area (Å²) in [6.07, 6.45) is 2.33. The molecule has 0 spiro atoms. The summed E-state index contributed by atoms with van der Waals surface area (Å²) >= 11 is 0. The van der Waals surface area contributed by atoms with Crippen molar-refractivity contribution in [2.75, 3.05) is 37.7 Å². The van der Waals surface area contributed by atoms with E-state index in [0.717, 1.165) is 0 Å². The van der Waals surface area contributed by atoms with Gasteiger partial charge in [-0.05, 0) is 64.0 Å². The molecule has 2 aromatic heterocycles. The first-order valence-corrected chi connectivity index (χ1v) is 17.1. The third-order valence-corrected chi connectivity index (χ3v) is 9.37. The van der Waals surface area contributed by atoms with Gasteiger partial charge in [0.25, 0.3) is 0 Å². The largest absolute Gasteiger partial charge is 0.490 e. The van der Waals surface area contributed by atoms with Crippen LogP contribution in [0.1, 0.15) is 41.5 Å². The van der Waals surface area contributed by atoms with Gasteiger partial charge in [0, 0.05) is 44.0 Å². The fraction of sp³-hybridized carbons (Fsp3) is 0.459. The van der Waals surface area contributed by atoms with Gasteiger partial charge in [0.1, 0.15) is 41.9 Å². The number of nitrogens with zero attached hydrogens (tertiary/aromatic N) is 6. The summed E-state index contributed by atoms with van der Waals surface area (Å²) < 4.78 is 45.8. The van der Waals surface area contributed by atoms with Crippen LogP contribution < -0.4 is 15.3 Å². The molecule has 0 saturated carbocycles. The van der Waals surface area contributed by atoms with Gasteiger partial charge in [-0.1, -0.05) is 26.5 Å². The number of pyridine rings is 1. The number of carbonyl (C=O) groups is 1. The molecule has 1 N–H and O–H groups in total. The number of anilines is 1. The number of aliphatic hydroxyl groups is 1. The second kappa shape index (κ2) is 13.9. The summed E-state index contributed by atoms with van der Waals surface area (Å²) in [5.74, 6) is -1.38. The highest BCUT2D eigenvalue weighted by Crippen LogP contribution is 2.39. The number of halogens is 2. The van der Waals surface area contributed by atoms with Gasteiger partial charge < -0.3 is 29.3 Å². The van der Waals surface area contributed by atoms with Gasteiger partial charge in [0.2, 0.25) is 5.91 Å². The van der Waals surface area contributed by atoms with Crippen molar-refractivity contribution in [2.45, 2.75) is 71.9 Å². The maximum Gasteiger partial charge on any atom is 0.355 e. The summed E-state index contributed by atoms with van der Waals surface area (Å²) in [4.78, 5) is 41.8. The van der Waals surface area contributed by atoms with E-state index in [0.29, 0.717) is 37.4 Å². The molecular formula is C37H44F2N6O5. The minimum absolute atomic E-state index is 0.00514. The van der Waals surface area contributed by atoms with Crippen LogP contribution >= 0.6 is 0 Å². The van der Waals surface area contributed by atoms with Crippen LogP contribution in [0.4, 0.5) is 14.6 Å². The minimum Gasteiger partial charge on any atom is -0.490 e. The molecule has 1 amide bonds. The molecule has 1 aromatic carbocycles. The van der Waals surface area contributed by atoms with E-state index in [9.17, 15) is 14.7 Å². The second-order valence-electron chi connectivity index (χ2n) is 13.8. The van der Waals surface area contributed by atoms with Crippen molar-refractivity contribution in [1.29, 1.82) is 0 Å². The predicted molar refractivity (Wildman–Crippen MR) is 188 cm³/mol. The van der Waals surface area contributed by atoms with Crippen LogP contribution in [-0.2, 0) is 9.53 Å². The molecule has 0 radical (unpaired) electrons. The van der Waals surface area contributed by atoms with E-state index in [1.165, 1.54) is 34.9 Å². The van der Waals surface area contributed by atoms with Gasteiger partial charge in [0.05, 0.1) is 28.8 Å². The maximum absolute atomic E-state index is 16.4. The van der Waals surface area contributed by atoms with E-state index in [-0.39, 0.29) is 64.4 Å². The van der Waals surface area contributed by atoms with Gasteiger partial charge in [-0.3, -0.25) is 4.79 Å². The quantitative estimate of drug-likeness (QED) is 0.371. The summed E-state index contributed by atoms with van der Waals surface area (Å²) in [7, 11) is 0. The summed E-state index contributed by atoms with van der Waals surface area (Å²) in [6.45, 7) is 16.6. The maximum atomic E-state index is 16.4. The summed E-state index contributed by atoms with van der Waals surface area (Å²) in [5, 5.41) is 12.3. The highest BCUT2D eigenvalue weighted by molar-refractivity contribution is 5.92. The van der Waals surface area contributed by atoms with Crippen molar-refractivity contribution in [2.24, 2.45) is 5.92 Å². The first-order chi connectivity index (χ1) is 23.8. The Hall–Kier alpha value is -4.62. The Bertz CT molecular complexity index is 1940. The lowest BCUT2D eigenvalue weighted by atomic mass is 9.94. The van der Waals surface area contributed by atoms with Gasteiger partial charge in [-0.15, -0.1) is 0 Å². The van der Waals surface area contributed by atoms with E-state index in [1.54, 1.807) is 11.0 Å². The smallest absolute Gasteiger partial charge is 0.355 e. The number of aromatic nitrogens is 3. The van der Waals surface area contributed by atoms with Crippen LogP contribution in [0.15, 0.2) is 59.6 Å². The van der Waals surface area contributed by atoms with Crippen LogP contribution in [0.2, 0.25) is 0 Å². The third kappa shape index (κ3) is 6.39. The molecule has 2 unspecified atom stereocenters. The number of ether oxygens (including phenoxy) is 2. The monoisotopic (exact) mass is 690 g/mol. The number of hydrogen-bond acceptors (Lipinski definition) is 9. The Kier molecular flexibility index (Phi) is 9.82. The molecule has 5 heterocycles. The van der Waals surface area contributed by atoms with E-state index in [4.69, 9.17) is 14.5 Å². The molecule has 0 aliphatic carbocycles. The number of carbonyl (C=O) groups excluding carboxylic acids is 1. The molecular weight excluding hydrogens is 646 g/mol. The molecule has 1 fully saturated rings. The molecule has 3 aliphatic rings. The van der Waals surface area contributed by atoms with E-state index < -0.39 is 35.6 Å². The zero-order chi connectivity index (χ0) is 36.0. The van der Waals surface area contributed by atoms with Crippen LogP contribution in [0.5, 0.6) is 5.75 Å². The third-order valence-electron chi connectivity index (χ3n) is 9.37. The fourth-order valence-electron chi connectivity index (χ4n) is 7.10. The Morgan fingerprint density at radius 1 is 1.16 bits per heavy atom. The highest BCUT2D eigenvalue weighted by Gasteiger charge is 2.37. The lowest BCUT2D eigenvalue weighted by Crippen LogP contribution is -2.54. The lowest BCUT2D eigenvalue weighted by molar-refractivity contribution is -0.126. The average Bonchev–Trinajstić information content (AvgIpc) is 3.06. The number of fused-ring (bicyclic) bond motifs is 4. The van der Waals surface area contributed by atoms with Crippen molar-refractivity contribution in [1.82, 2.24) is 24.3 Å². The summed E-state index contributed by atoms with van der Waals surface area (Å²) in [6, 6.07) is 4.58. The zero-order valence-corrected chi connectivity index (χ0v) is 29.3. The van der Waals surface area contributed by atoms with E-state index in [2.05, 4.69) is 30.3 Å². The second-order valence-corrected chi connectivity index (χ2v) is 13.8. The van der Waals surface area contributed by atoms with E-state index in [1.807, 2.05) is 38.8 Å². The number of amides is 1. The van der Waals surface area contributed by atoms with Gasteiger partial charge in [0.15, 0.2) is 11.5 Å². The van der Waals surface area contributed by atoms with Crippen molar-refractivity contribution < 1.29 is 28.2 Å². The van der Waals surface area contributed by atoms with E-state index >= 15 is 8.78 Å². The van der Waals surface area contributed by atoms with Crippen LogP contribution in [0.3, 0.4) is 0 Å². The Balaban J connectivity index is 1.68. The standard InChI is InChI=1S/C37H44F2N6O5/c1-8-30(46)43-14-15-44(22(6)18-43)35-25-16-27(39)32-31-26(38)10-9-11-28(31)49-19-29(50-21(4)5)34(47)24-12-13-42(17-20(2)3)23(7)33(24)45(36(25)40-32)37(48)41-35/h8-13,16,20-23,29,34,47H,1,14-15,17-19H2,2-7H3/t22-,23+,29?,34?/m0/s1. The highest BCUT2D eigenvalue weighted by atomic mass is 19.1. The number of piperazine rings is 1. The first kappa shape index (κ1) is 35.2. The SMILES string of the molecule is C=CC(=O)N1CCN(c2nc(=O)n3c4nc(c(F)cc24)-c2c(F)cccc2OCC(OC(C)C)C(O)C2=C3[C@@H](C)N(CC(C)C)C=C2)[C@@H](C)C1. The number of aliphatic hydroxyl groups excluding tert-OH is 1. The average molecular weight is 691 g/mol. The molecule has 4 atom stereocenters. The number of hydrogen-bond donors (Lipinski definition) is 1. The van der Waals surface area contributed by atoms with Crippen LogP contribution in [0, 0.1) is 17.6 Å². The molecule has 6 rings (SSSR count). The van der Waals surface area contributed by atoms with Crippen LogP contribution in [0.25, 0.3) is 28.0 Å². The molecule has 3 aliphatic heterocycles. The van der Waals surface area contributed by atoms with Crippen molar-refractivity contribution >= 4 is 28.5 Å². The molecule has 3 aromatic rings. The molecule has 11 nitrogen and oxygen atoms in total. The normalized spacial score (nSPS) is 22.4. The molecule has 50 heavy (non-hydrogen) atoms. The molecule has 2 bridgehead atoms. The molecule has 266 valence electrons. The zero-order valence-electron chi connectivity index (χ0n) is 29.3. The predicted octanol–water partition coefficient (Wildman–Crippen LogP) is 4.59. The van der Waals surface area contributed by atoms with Gasteiger partial charge in [-0.25, -0.2) is 23.1 Å². The first-order valence-electron chi connectivity index (χ1n) is 17.1. The molecule has 13 heteroatoms. The van der Waals surface area contributed by atoms with Gasteiger partial charge >= 0.3 is 5.69 Å². The number of benzene rings is 1. The molecule has 1 saturated heterocycles. The lowest BCUT2D eigenvalue weighted by Gasteiger charge is -2.41. The Morgan fingerprint density at radius 2 is 1.92 bits per heavy atom. The fourth-order valence-corrected chi connectivity index (χ4v) is 7.10. The summed E-state index contributed by atoms with van der Waals surface area (Å²) in [5.41, 5.74) is -0.448. The van der Waals surface area contributed by atoms with Crippen molar-refractivity contribution in [3.05, 3.63) is 76.9 Å². The van der Waals surface area contributed by atoms with Crippen molar-refractivity contribution in [3.8, 4) is 17.0 Å². The topological polar surface area (TPSA) is 113 Å². The number of rotatable bonds is 6. The van der Waals surface area contributed by atoms with Crippen LogP contribution in [-0.4, -0.2) is 98.5 Å². The van der Waals surface area contributed by atoms with Crippen molar-refractivity contribution in [3.63, 3.8) is 0 Å².